The monoisotopic (exact) mass is 262 g/mol. The molecule has 1 amide bonds. The number of rotatable bonds is 5. The molecule has 1 atom stereocenters. The molecule has 19 heavy (non-hydrogen) atoms. The highest BCUT2D eigenvalue weighted by Crippen LogP contribution is 2.17. The van der Waals surface area contributed by atoms with Crippen molar-refractivity contribution in [3.63, 3.8) is 0 Å². The highest BCUT2D eigenvalue weighted by molar-refractivity contribution is 5.94. The van der Waals surface area contributed by atoms with Crippen LogP contribution in [0, 0.1) is 5.92 Å². The van der Waals surface area contributed by atoms with Gasteiger partial charge >= 0.3 is 0 Å². The second-order valence-electron chi connectivity index (χ2n) is 5.20. The number of carbonyl (C=O) groups excluding carboxylic acids is 1. The highest BCUT2D eigenvalue weighted by Gasteiger charge is 2.19. The summed E-state index contributed by atoms with van der Waals surface area (Å²) in [4.78, 5) is 18.4. The predicted molar refractivity (Wildman–Crippen MR) is 74.7 cm³/mol. The van der Waals surface area contributed by atoms with Crippen LogP contribution in [0.4, 0.5) is 0 Å². The van der Waals surface area contributed by atoms with Crippen molar-refractivity contribution in [1.82, 2.24) is 15.2 Å². The van der Waals surface area contributed by atoms with Gasteiger partial charge < -0.3 is 16.0 Å². The van der Waals surface area contributed by atoms with Crippen molar-refractivity contribution in [2.75, 3.05) is 26.7 Å². The Labute approximate surface area is 114 Å². The molecule has 0 aromatic carbocycles. The van der Waals surface area contributed by atoms with E-state index in [1.54, 1.807) is 18.3 Å². The van der Waals surface area contributed by atoms with Gasteiger partial charge in [-0.1, -0.05) is 0 Å². The molecule has 1 fully saturated rings. The van der Waals surface area contributed by atoms with E-state index < -0.39 is 0 Å². The maximum atomic E-state index is 12.0. The number of pyridine rings is 1. The Balaban J connectivity index is 1.77. The number of nitrogens with two attached hydrogens (primary N) is 1. The van der Waals surface area contributed by atoms with E-state index in [0.29, 0.717) is 18.0 Å². The van der Waals surface area contributed by atoms with E-state index in [1.807, 2.05) is 0 Å². The molecule has 1 aromatic heterocycles. The van der Waals surface area contributed by atoms with Crippen LogP contribution >= 0.6 is 0 Å². The van der Waals surface area contributed by atoms with E-state index in [1.165, 1.54) is 13.0 Å². The number of amides is 1. The van der Waals surface area contributed by atoms with Crippen molar-refractivity contribution in [3.8, 4) is 0 Å². The van der Waals surface area contributed by atoms with Gasteiger partial charge in [0.25, 0.3) is 5.91 Å². The Morgan fingerprint density at radius 2 is 2.47 bits per heavy atom. The van der Waals surface area contributed by atoms with Crippen LogP contribution in [-0.2, 0) is 6.54 Å². The van der Waals surface area contributed by atoms with Gasteiger partial charge in [0.05, 0.1) is 5.69 Å². The van der Waals surface area contributed by atoms with Gasteiger partial charge in [0.15, 0.2) is 0 Å². The summed E-state index contributed by atoms with van der Waals surface area (Å²) in [5, 5.41) is 2.97. The number of nitrogens with one attached hydrogen (secondary N) is 1. The minimum Gasteiger partial charge on any atom is -0.352 e. The number of nitrogens with zero attached hydrogens (tertiary/aromatic N) is 2. The summed E-state index contributed by atoms with van der Waals surface area (Å²) in [5.41, 5.74) is 6.89. The summed E-state index contributed by atoms with van der Waals surface area (Å²) < 4.78 is 0. The van der Waals surface area contributed by atoms with Gasteiger partial charge in [0, 0.05) is 31.4 Å². The average Bonchev–Trinajstić information content (AvgIpc) is 2.84. The highest BCUT2D eigenvalue weighted by atomic mass is 16.1. The van der Waals surface area contributed by atoms with Gasteiger partial charge in [0.1, 0.15) is 0 Å². The van der Waals surface area contributed by atoms with Gasteiger partial charge in [-0.25, -0.2) is 0 Å². The molecule has 1 aliphatic rings. The van der Waals surface area contributed by atoms with Gasteiger partial charge in [-0.05, 0) is 44.5 Å². The maximum absolute atomic E-state index is 12.0. The third-order valence-corrected chi connectivity index (χ3v) is 3.61. The van der Waals surface area contributed by atoms with Crippen LogP contribution in [0.1, 0.15) is 28.9 Å². The van der Waals surface area contributed by atoms with Crippen LogP contribution in [0.15, 0.2) is 18.3 Å². The van der Waals surface area contributed by atoms with E-state index in [4.69, 9.17) is 5.73 Å². The topological polar surface area (TPSA) is 71.2 Å². The molecule has 0 saturated carbocycles. The molecule has 1 aliphatic heterocycles. The lowest BCUT2D eigenvalue weighted by atomic mass is 10.1. The van der Waals surface area contributed by atoms with Crippen molar-refractivity contribution >= 4 is 5.91 Å². The maximum Gasteiger partial charge on any atom is 0.251 e. The molecule has 0 spiro atoms. The van der Waals surface area contributed by atoms with E-state index in [2.05, 4.69) is 22.2 Å². The van der Waals surface area contributed by atoms with E-state index in [-0.39, 0.29) is 5.91 Å². The quantitative estimate of drug-likeness (QED) is 0.815. The first-order valence-electron chi connectivity index (χ1n) is 6.81. The summed E-state index contributed by atoms with van der Waals surface area (Å²) in [5.74, 6) is 0.672. The zero-order chi connectivity index (χ0) is 13.7. The Morgan fingerprint density at radius 1 is 1.63 bits per heavy atom. The van der Waals surface area contributed by atoms with E-state index in [9.17, 15) is 4.79 Å². The molecule has 1 saturated heterocycles. The predicted octanol–water partition coefficient (Wildman–Crippen LogP) is 0.612. The largest absolute Gasteiger partial charge is 0.352 e. The second kappa shape index (κ2) is 6.63. The number of carbonyl (C=O) groups is 1. The molecule has 0 aliphatic carbocycles. The van der Waals surface area contributed by atoms with E-state index >= 15 is 0 Å². The molecule has 5 heteroatoms. The Kier molecular flexibility index (Phi) is 4.87. The zero-order valence-corrected chi connectivity index (χ0v) is 11.4. The van der Waals surface area contributed by atoms with Crippen molar-refractivity contribution < 1.29 is 4.79 Å². The minimum atomic E-state index is -0.0385. The van der Waals surface area contributed by atoms with Crippen LogP contribution in [0.2, 0.25) is 0 Å². The van der Waals surface area contributed by atoms with Gasteiger partial charge in [-0.2, -0.15) is 0 Å². The molecule has 1 unspecified atom stereocenters. The number of likely N-dealkylation sites (tertiary alicyclic amines) is 1. The molecule has 104 valence electrons. The van der Waals surface area contributed by atoms with Gasteiger partial charge in [-0.3, -0.25) is 9.78 Å². The summed E-state index contributed by atoms with van der Waals surface area (Å²) in [6.07, 6.45) is 3.91. The fourth-order valence-corrected chi connectivity index (χ4v) is 2.48. The zero-order valence-electron chi connectivity index (χ0n) is 11.4. The Morgan fingerprint density at radius 3 is 3.16 bits per heavy atom. The van der Waals surface area contributed by atoms with Crippen molar-refractivity contribution in [1.29, 1.82) is 0 Å². The first-order valence-corrected chi connectivity index (χ1v) is 6.81. The van der Waals surface area contributed by atoms with Gasteiger partial charge in [-0.15, -0.1) is 0 Å². The Bertz CT molecular complexity index is 435. The van der Waals surface area contributed by atoms with Crippen LogP contribution in [0.5, 0.6) is 0 Å². The Hall–Kier alpha value is -1.46. The lowest BCUT2D eigenvalue weighted by molar-refractivity contribution is 0.0951. The number of aromatic nitrogens is 1. The SMILES string of the molecule is CN1CCC(CCNC(=O)c2ccnc(CN)c2)C1. The van der Waals surface area contributed by atoms with Crippen LogP contribution in [0.3, 0.4) is 0 Å². The van der Waals surface area contributed by atoms with Crippen LogP contribution in [0.25, 0.3) is 0 Å². The van der Waals surface area contributed by atoms with Gasteiger partial charge in [0.2, 0.25) is 0 Å². The molecular formula is C14H22N4O. The number of hydrogen-bond donors (Lipinski definition) is 2. The van der Waals surface area contributed by atoms with Crippen molar-refractivity contribution in [3.05, 3.63) is 29.6 Å². The molecule has 2 rings (SSSR count). The van der Waals surface area contributed by atoms with Crippen molar-refractivity contribution in [2.24, 2.45) is 11.7 Å². The fourth-order valence-electron chi connectivity index (χ4n) is 2.48. The molecule has 0 radical (unpaired) electrons. The summed E-state index contributed by atoms with van der Waals surface area (Å²) in [6, 6.07) is 3.47. The summed E-state index contributed by atoms with van der Waals surface area (Å²) in [7, 11) is 2.14. The molecule has 2 heterocycles. The average molecular weight is 262 g/mol. The molecule has 1 aromatic rings. The van der Waals surface area contributed by atoms with E-state index in [0.717, 1.165) is 25.2 Å². The third kappa shape index (κ3) is 4.01. The lowest BCUT2D eigenvalue weighted by Gasteiger charge is -2.11. The first kappa shape index (κ1) is 14.0. The normalized spacial score (nSPS) is 19.6. The molecule has 5 nitrogen and oxygen atoms in total. The fraction of sp³-hybridized carbons (Fsp3) is 0.571. The third-order valence-electron chi connectivity index (χ3n) is 3.61. The summed E-state index contributed by atoms with van der Waals surface area (Å²) >= 11 is 0. The molecular weight excluding hydrogens is 240 g/mol. The van der Waals surface area contributed by atoms with Crippen LogP contribution < -0.4 is 11.1 Å². The second-order valence-corrected chi connectivity index (χ2v) is 5.20. The van der Waals surface area contributed by atoms with Crippen LogP contribution in [-0.4, -0.2) is 42.5 Å². The lowest BCUT2D eigenvalue weighted by Crippen LogP contribution is -2.26. The minimum absolute atomic E-state index is 0.0385. The first-order chi connectivity index (χ1) is 9.19. The molecule has 3 N–H and O–H groups in total. The standard InChI is InChI=1S/C14H22N4O/c1-18-7-4-11(10-18)2-5-17-14(19)12-3-6-16-13(8-12)9-15/h3,6,8,11H,2,4-5,7,9-10,15H2,1H3,(H,17,19). The number of hydrogen-bond acceptors (Lipinski definition) is 4. The van der Waals surface area contributed by atoms with Crippen molar-refractivity contribution in [2.45, 2.75) is 19.4 Å². The smallest absolute Gasteiger partial charge is 0.251 e. The molecule has 0 bridgehead atoms. The summed E-state index contributed by atoms with van der Waals surface area (Å²) in [6.45, 7) is 3.40.